The minimum absolute atomic E-state index is 0.487. The van der Waals surface area contributed by atoms with Crippen LogP contribution in [0.1, 0.15) is 37.0 Å². The maximum absolute atomic E-state index is 4.76. The number of hydrogen-bond donors (Lipinski definition) is 1. The molecule has 21 heavy (non-hydrogen) atoms. The molecule has 114 valence electrons. The van der Waals surface area contributed by atoms with Gasteiger partial charge in [0.05, 0.1) is 11.4 Å². The van der Waals surface area contributed by atoms with Crippen LogP contribution in [0, 0.1) is 0 Å². The number of nitrogens with one attached hydrogen (secondary N) is 1. The fourth-order valence-electron chi connectivity index (χ4n) is 2.16. The molecule has 3 nitrogen and oxygen atoms in total. The Labute approximate surface area is 132 Å². The van der Waals surface area contributed by atoms with Crippen molar-refractivity contribution in [1.82, 2.24) is 15.2 Å². The van der Waals surface area contributed by atoms with E-state index in [0.29, 0.717) is 6.04 Å². The molecule has 0 saturated carbocycles. The molecular formula is C17H25N3S. The molecule has 0 bridgehead atoms. The van der Waals surface area contributed by atoms with E-state index < -0.39 is 0 Å². The predicted octanol–water partition coefficient (Wildman–Crippen LogP) is 3.66. The second-order valence-corrected chi connectivity index (χ2v) is 6.57. The van der Waals surface area contributed by atoms with Crippen LogP contribution in [0.3, 0.4) is 0 Å². The average molecular weight is 303 g/mol. The third-order valence-corrected chi connectivity index (χ3v) is 4.21. The molecule has 0 atom stereocenters. The smallest absolute Gasteiger partial charge is 0.0548 e. The largest absolute Gasteiger partial charge is 0.309 e. The van der Waals surface area contributed by atoms with Crippen molar-refractivity contribution in [2.45, 2.75) is 46.4 Å². The fourth-order valence-corrected chi connectivity index (χ4v) is 2.90. The van der Waals surface area contributed by atoms with E-state index in [2.05, 4.69) is 66.7 Å². The van der Waals surface area contributed by atoms with Crippen LogP contribution >= 0.6 is 11.3 Å². The van der Waals surface area contributed by atoms with Crippen LogP contribution in [0.4, 0.5) is 0 Å². The van der Waals surface area contributed by atoms with E-state index in [1.54, 1.807) is 0 Å². The number of aromatic nitrogens is 1. The molecule has 0 radical (unpaired) electrons. The van der Waals surface area contributed by atoms with Gasteiger partial charge in [0, 0.05) is 30.6 Å². The van der Waals surface area contributed by atoms with Gasteiger partial charge in [0.1, 0.15) is 0 Å². The highest BCUT2D eigenvalue weighted by Gasteiger charge is 2.07. The Balaban J connectivity index is 1.95. The van der Waals surface area contributed by atoms with Crippen molar-refractivity contribution < 1.29 is 0 Å². The zero-order chi connectivity index (χ0) is 15.1. The zero-order valence-corrected chi connectivity index (χ0v) is 14.0. The quantitative estimate of drug-likeness (QED) is 0.806. The number of nitrogens with zero attached hydrogens (tertiary/aromatic N) is 2. The lowest BCUT2D eigenvalue weighted by Crippen LogP contribution is -2.24. The highest BCUT2D eigenvalue weighted by Crippen LogP contribution is 2.13. The van der Waals surface area contributed by atoms with Gasteiger partial charge in [-0.15, -0.1) is 11.3 Å². The summed E-state index contributed by atoms with van der Waals surface area (Å²) in [4.78, 5) is 8.60. The molecule has 2 heterocycles. The molecule has 2 rings (SSSR count). The summed E-state index contributed by atoms with van der Waals surface area (Å²) in [6.07, 6.45) is 0. The van der Waals surface area contributed by atoms with E-state index in [1.165, 1.54) is 4.88 Å². The van der Waals surface area contributed by atoms with Gasteiger partial charge in [-0.3, -0.25) is 9.88 Å². The molecule has 0 fully saturated rings. The van der Waals surface area contributed by atoms with Crippen LogP contribution < -0.4 is 5.32 Å². The normalized spacial score (nSPS) is 11.5. The average Bonchev–Trinajstić information content (AvgIpc) is 2.98. The van der Waals surface area contributed by atoms with Gasteiger partial charge in [-0.2, -0.15) is 0 Å². The first-order valence-corrected chi connectivity index (χ1v) is 8.48. The molecular weight excluding hydrogens is 278 g/mol. The van der Waals surface area contributed by atoms with Gasteiger partial charge in [-0.25, -0.2) is 0 Å². The lowest BCUT2D eigenvalue weighted by atomic mass is 10.2. The molecule has 0 amide bonds. The Morgan fingerprint density at radius 1 is 1.14 bits per heavy atom. The van der Waals surface area contributed by atoms with Crippen molar-refractivity contribution >= 4 is 11.3 Å². The first-order valence-electron chi connectivity index (χ1n) is 7.60. The number of hydrogen-bond acceptors (Lipinski definition) is 4. The van der Waals surface area contributed by atoms with Gasteiger partial charge in [-0.05, 0) is 30.1 Å². The van der Waals surface area contributed by atoms with E-state index in [9.17, 15) is 0 Å². The Bertz CT molecular complexity index is 523. The molecule has 2 aromatic rings. The lowest BCUT2D eigenvalue weighted by Gasteiger charge is -2.19. The van der Waals surface area contributed by atoms with E-state index in [1.807, 2.05) is 11.3 Å². The SMILES string of the molecule is CCN(Cc1cccc(CNC(C)C)n1)Cc1cccs1. The van der Waals surface area contributed by atoms with Gasteiger partial charge in [0.2, 0.25) is 0 Å². The van der Waals surface area contributed by atoms with Crippen LogP contribution in [0.5, 0.6) is 0 Å². The number of pyridine rings is 1. The molecule has 0 aromatic carbocycles. The van der Waals surface area contributed by atoms with Crippen LogP contribution in [-0.4, -0.2) is 22.5 Å². The fraction of sp³-hybridized carbons (Fsp3) is 0.471. The summed E-state index contributed by atoms with van der Waals surface area (Å²) in [5.41, 5.74) is 2.27. The molecule has 0 saturated heterocycles. The van der Waals surface area contributed by atoms with Crippen molar-refractivity contribution in [3.63, 3.8) is 0 Å². The molecule has 0 spiro atoms. The molecule has 0 aliphatic heterocycles. The van der Waals surface area contributed by atoms with Crippen molar-refractivity contribution in [2.75, 3.05) is 6.54 Å². The van der Waals surface area contributed by atoms with Gasteiger partial charge >= 0.3 is 0 Å². The minimum Gasteiger partial charge on any atom is -0.309 e. The minimum atomic E-state index is 0.487. The lowest BCUT2D eigenvalue weighted by molar-refractivity contribution is 0.270. The van der Waals surface area contributed by atoms with Crippen LogP contribution in [0.25, 0.3) is 0 Å². The third kappa shape index (κ3) is 5.58. The van der Waals surface area contributed by atoms with Crippen molar-refractivity contribution in [2.24, 2.45) is 0 Å². The Morgan fingerprint density at radius 3 is 2.62 bits per heavy atom. The van der Waals surface area contributed by atoms with Gasteiger partial charge in [0.15, 0.2) is 0 Å². The summed E-state index contributed by atoms with van der Waals surface area (Å²) in [5, 5.41) is 5.56. The Morgan fingerprint density at radius 2 is 1.95 bits per heavy atom. The first-order chi connectivity index (χ1) is 10.2. The summed E-state index contributed by atoms with van der Waals surface area (Å²) < 4.78 is 0. The highest BCUT2D eigenvalue weighted by molar-refractivity contribution is 7.09. The summed E-state index contributed by atoms with van der Waals surface area (Å²) >= 11 is 1.82. The monoisotopic (exact) mass is 303 g/mol. The maximum Gasteiger partial charge on any atom is 0.0548 e. The van der Waals surface area contributed by atoms with E-state index in [0.717, 1.165) is 37.6 Å². The van der Waals surface area contributed by atoms with Gasteiger partial charge in [0.25, 0.3) is 0 Å². The number of rotatable bonds is 8. The predicted molar refractivity (Wildman–Crippen MR) is 90.3 cm³/mol. The van der Waals surface area contributed by atoms with Gasteiger partial charge < -0.3 is 5.32 Å². The third-order valence-electron chi connectivity index (χ3n) is 3.35. The van der Waals surface area contributed by atoms with Crippen LogP contribution in [0.2, 0.25) is 0 Å². The molecule has 1 N–H and O–H groups in total. The van der Waals surface area contributed by atoms with Crippen molar-refractivity contribution in [1.29, 1.82) is 0 Å². The molecule has 2 aromatic heterocycles. The van der Waals surface area contributed by atoms with Crippen molar-refractivity contribution in [3.8, 4) is 0 Å². The Hall–Kier alpha value is -1.23. The van der Waals surface area contributed by atoms with Crippen LogP contribution in [0.15, 0.2) is 35.7 Å². The second kappa shape index (κ2) is 8.27. The molecule has 4 heteroatoms. The summed E-state index contributed by atoms with van der Waals surface area (Å²) in [5.74, 6) is 0. The van der Waals surface area contributed by atoms with E-state index in [-0.39, 0.29) is 0 Å². The highest BCUT2D eigenvalue weighted by atomic mass is 32.1. The van der Waals surface area contributed by atoms with E-state index >= 15 is 0 Å². The molecule has 0 aliphatic rings. The maximum atomic E-state index is 4.76. The molecule has 0 unspecified atom stereocenters. The topological polar surface area (TPSA) is 28.2 Å². The standard InChI is InChI=1S/C17H25N3S/c1-4-20(13-17-9-6-10-21-17)12-16-8-5-7-15(19-16)11-18-14(2)3/h5-10,14,18H,4,11-13H2,1-3H3. The Kier molecular flexibility index (Phi) is 6.36. The summed E-state index contributed by atoms with van der Waals surface area (Å²) in [6, 6.07) is 11.1. The zero-order valence-electron chi connectivity index (χ0n) is 13.2. The van der Waals surface area contributed by atoms with Crippen molar-refractivity contribution in [3.05, 3.63) is 52.0 Å². The van der Waals surface area contributed by atoms with E-state index in [4.69, 9.17) is 4.98 Å². The number of thiophene rings is 1. The summed E-state index contributed by atoms with van der Waals surface area (Å²) in [7, 11) is 0. The molecule has 0 aliphatic carbocycles. The van der Waals surface area contributed by atoms with Crippen LogP contribution in [-0.2, 0) is 19.6 Å². The first kappa shape index (κ1) is 16.1. The second-order valence-electron chi connectivity index (χ2n) is 5.54. The summed E-state index contributed by atoms with van der Waals surface area (Å²) in [6.45, 7) is 10.3. The van der Waals surface area contributed by atoms with Gasteiger partial charge in [-0.1, -0.05) is 32.9 Å².